The SMILES string of the molecule is NC(=O)Cc1ccccc1NC(=O)C=Cc1cc(C(F)(F)F)ccc1Cl. The smallest absolute Gasteiger partial charge is 0.369 e. The summed E-state index contributed by atoms with van der Waals surface area (Å²) in [6, 6.07) is 9.39. The number of nitrogens with one attached hydrogen (secondary N) is 1. The molecule has 0 spiro atoms. The predicted molar refractivity (Wildman–Crippen MR) is 93.5 cm³/mol. The maximum absolute atomic E-state index is 12.8. The summed E-state index contributed by atoms with van der Waals surface area (Å²) < 4.78 is 38.3. The van der Waals surface area contributed by atoms with Crippen molar-refractivity contribution in [2.24, 2.45) is 5.73 Å². The van der Waals surface area contributed by atoms with Crippen LogP contribution in [0.25, 0.3) is 6.08 Å². The number of hydrogen-bond donors (Lipinski definition) is 2. The van der Waals surface area contributed by atoms with Gasteiger partial charge in [-0.25, -0.2) is 0 Å². The Kier molecular flexibility index (Phi) is 6.05. The first-order chi connectivity index (χ1) is 12.2. The molecule has 2 aromatic carbocycles. The Balaban J connectivity index is 2.17. The number of amides is 2. The Morgan fingerprint density at radius 3 is 2.50 bits per heavy atom. The first kappa shape index (κ1) is 19.5. The molecule has 0 unspecified atom stereocenters. The quantitative estimate of drug-likeness (QED) is 0.766. The van der Waals surface area contributed by atoms with Crippen molar-refractivity contribution in [1.29, 1.82) is 0 Å². The molecule has 0 saturated heterocycles. The molecule has 0 aliphatic heterocycles. The van der Waals surface area contributed by atoms with Crippen LogP contribution in [0, 0.1) is 0 Å². The molecule has 2 aromatic rings. The van der Waals surface area contributed by atoms with Gasteiger partial charge in [0.05, 0.1) is 12.0 Å². The zero-order chi connectivity index (χ0) is 19.3. The van der Waals surface area contributed by atoms with Crippen LogP contribution in [-0.4, -0.2) is 11.8 Å². The molecule has 26 heavy (non-hydrogen) atoms. The molecule has 0 fully saturated rings. The third kappa shape index (κ3) is 5.35. The van der Waals surface area contributed by atoms with Crippen LogP contribution in [0.15, 0.2) is 48.5 Å². The normalized spacial score (nSPS) is 11.5. The number of carbonyl (C=O) groups is 2. The Bertz CT molecular complexity index is 864. The minimum absolute atomic E-state index is 0.0559. The van der Waals surface area contributed by atoms with Gasteiger partial charge in [-0.05, 0) is 41.5 Å². The molecule has 0 heterocycles. The Hall–Kier alpha value is -2.80. The summed E-state index contributed by atoms with van der Waals surface area (Å²) >= 11 is 5.87. The van der Waals surface area contributed by atoms with Gasteiger partial charge in [-0.1, -0.05) is 29.8 Å². The Labute approximate surface area is 152 Å². The van der Waals surface area contributed by atoms with Gasteiger partial charge in [0.25, 0.3) is 0 Å². The van der Waals surface area contributed by atoms with Gasteiger partial charge in [-0.3, -0.25) is 9.59 Å². The number of hydrogen-bond acceptors (Lipinski definition) is 2. The van der Waals surface area contributed by atoms with E-state index in [2.05, 4.69) is 5.32 Å². The van der Waals surface area contributed by atoms with Gasteiger partial charge in [0.2, 0.25) is 11.8 Å². The largest absolute Gasteiger partial charge is 0.416 e. The number of anilines is 1. The molecule has 0 radical (unpaired) electrons. The van der Waals surface area contributed by atoms with Crippen molar-refractivity contribution in [2.45, 2.75) is 12.6 Å². The van der Waals surface area contributed by atoms with Crippen molar-refractivity contribution in [2.75, 3.05) is 5.32 Å². The van der Waals surface area contributed by atoms with E-state index in [4.69, 9.17) is 17.3 Å². The second-order valence-electron chi connectivity index (χ2n) is 5.36. The van der Waals surface area contributed by atoms with E-state index in [9.17, 15) is 22.8 Å². The lowest BCUT2D eigenvalue weighted by Gasteiger charge is -2.09. The molecule has 2 rings (SSSR count). The van der Waals surface area contributed by atoms with Gasteiger partial charge < -0.3 is 11.1 Å². The van der Waals surface area contributed by atoms with Crippen LogP contribution in [-0.2, 0) is 22.2 Å². The van der Waals surface area contributed by atoms with Crippen molar-refractivity contribution in [3.05, 3.63) is 70.3 Å². The zero-order valence-electron chi connectivity index (χ0n) is 13.3. The highest BCUT2D eigenvalue weighted by Crippen LogP contribution is 2.32. The highest BCUT2D eigenvalue weighted by Gasteiger charge is 2.30. The summed E-state index contributed by atoms with van der Waals surface area (Å²) in [7, 11) is 0. The van der Waals surface area contributed by atoms with E-state index in [0.29, 0.717) is 11.3 Å². The first-order valence-corrected chi connectivity index (χ1v) is 7.76. The van der Waals surface area contributed by atoms with Crippen molar-refractivity contribution in [1.82, 2.24) is 0 Å². The van der Waals surface area contributed by atoms with E-state index in [0.717, 1.165) is 24.3 Å². The van der Waals surface area contributed by atoms with Crippen LogP contribution < -0.4 is 11.1 Å². The van der Waals surface area contributed by atoms with E-state index in [1.165, 1.54) is 6.08 Å². The average molecular weight is 383 g/mol. The number of carbonyl (C=O) groups excluding carboxylic acids is 2. The molecule has 0 bridgehead atoms. The summed E-state index contributed by atoms with van der Waals surface area (Å²) in [5.74, 6) is -1.15. The van der Waals surface area contributed by atoms with E-state index < -0.39 is 23.6 Å². The van der Waals surface area contributed by atoms with E-state index in [1.54, 1.807) is 24.3 Å². The Morgan fingerprint density at radius 2 is 1.85 bits per heavy atom. The lowest BCUT2D eigenvalue weighted by Crippen LogP contribution is -2.16. The third-order valence-corrected chi connectivity index (χ3v) is 3.72. The number of para-hydroxylation sites is 1. The summed E-state index contributed by atoms with van der Waals surface area (Å²) in [4.78, 5) is 23.1. The van der Waals surface area contributed by atoms with Gasteiger partial charge in [0, 0.05) is 16.8 Å². The molecule has 0 atom stereocenters. The number of benzene rings is 2. The van der Waals surface area contributed by atoms with Gasteiger partial charge in [0.15, 0.2) is 0 Å². The van der Waals surface area contributed by atoms with Gasteiger partial charge in [0.1, 0.15) is 0 Å². The summed E-state index contributed by atoms with van der Waals surface area (Å²) in [6.45, 7) is 0. The van der Waals surface area contributed by atoms with Crippen LogP contribution in [0.4, 0.5) is 18.9 Å². The van der Waals surface area contributed by atoms with Gasteiger partial charge in [-0.15, -0.1) is 0 Å². The highest BCUT2D eigenvalue weighted by atomic mass is 35.5. The van der Waals surface area contributed by atoms with Crippen molar-refractivity contribution < 1.29 is 22.8 Å². The van der Waals surface area contributed by atoms with Crippen LogP contribution >= 0.6 is 11.6 Å². The van der Waals surface area contributed by atoms with Gasteiger partial charge >= 0.3 is 6.18 Å². The fraction of sp³-hybridized carbons (Fsp3) is 0.111. The summed E-state index contributed by atoms with van der Waals surface area (Å²) in [6.07, 6.45) is -2.32. The topological polar surface area (TPSA) is 72.2 Å². The molecule has 0 aromatic heterocycles. The van der Waals surface area contributed by atoms with Crippen LogP contribution in [0.3, 0.4) is 0 Å². The summed E-state index contributed by atoms with van der Waals surface area (Å²) in [5, 5.41) is 2.63. The van der Waals surface area contributed by atoms with Gasteiger partial charge in [-0.2, -0.15) is 13.2 Å². The molecule has 4 nitrogen and oxygen atoms in total. The zero-order valence-corrected chi connectivity index (χ0v) is 14.1. The molecule has 2 amide bonds. The highest BCUT2D eigenvalue weighted by molar-refractivity contribution is 6.32. The summed E-state index contributed by atoms with van der Waals surface area (Å²) in [5.41, 5.74) is 5.26. The van der Waals surface area contributed by atoms with E-state index in [-0.39, 0.29) is 17.0 Å². The number of primary amides is 1. The van der Waals surface area contributed by atoms with Crippen LogP contribution in [0.1, 0.15) is 16.7 Å². The van der Waals surface area contributed by atoms with Crippen LogP contribution in [0.5, 0.6) is 0 Å². The molecular weight excluding hydrogens is 369 g/mol. The number of nitrogens with two attached hydrogens (primary N) is 1. The minimum atomic E-state index is -4.51. The molecular formula is C18H14ClF3N2O2. The average Bonchev–Trinajstić information content (AvgIpc) is 2.54. The lowest BCUT2D eigenvalue weighted by atomic mass is 10.1. The minimum Gasteiger partial charge on any atom is -0.369 e. The van der Waals surface area contributed by atoms with E-state index in [1.807, 2.05) is 0 Å². The molecule has 0 saturated carbocycles. The molecule has 3 N–H and O–H groups in total. The number of rotatable bonds is 5. The predicted octanol–water partition coefficient (Wildman–Crippen LogP) is 4.04. The van der Waals surface area contributed by atoms with E-state index >= 15 is 0 Å². The fourth-order valence-corrected chi connectivity index (χ4v) is 2.35. The second kappa shape index (κ2) is 8.05. The standard InChI is InChI=1S/C18H14ClF3N2O2/c19-14-7-6-13(18(20,21)22)9-11(14)5-8-17(26)24-15-4-2-1-3-12(15)10-16(23)25/h1-9H,10H2,(H2,23,25)(H,24,26). The van der Waals surface area contributed by atoms with Crippen molar-refractivity contribution >= 4 is 35.2 Å². The number of halogens is 4. The fourth-order valence-electron chi connectivity index (χ4n) is 2.17. The molecule has 8 heteroatoms. The second-order valence-corrected chi connectivity index (χ2v) is 5.76. The lowest BCUT2D eigenvalue weighted by molar-refractivity contribution is -0.137. The monoisotopic (exact) mass is 382 g/mol. The Morgan fingerprint density at radius 1 is 1.15 bits per heavy atom. The van der Waals surface area contributed by atoms with Crippen molar-refractivity contribution in [3.8, 4) is 0 Å². The maximum atomic E-state index is 12.8. The first-order valence-electron chi connectivity index (χ1n) is 7.39. The molecule has 136 valence electrons. The van der Waals surface area contributed by atoms with Crippen LogP contribution in [0.2, 0.25) is 5.02 Å². The van der Waals surface area contributed by atoms with Crippen molar-refractivity contribution in [3.63, 3.8) is 0 Å². The molecule has 0 aliphatic rings. The number of alkyl halides is 3. The molecule has 0 aliphatic carbocycles. The maximum Gasteiger partial charge on any atom is 0.416 e. The third-order valence-electron chi connectivity index (χ3n) is 3.38.